The van der Waals surface area contributed by atoms with Gasteiger partial charge in [-0.15, -0.1) is 0 Å². The third kappa shape index (κ3) is 9.07. The van der Waals surface area contributed by atoms with Crippen LogP contribution >= 0.6 is 0 Å². The number of rotatable bonds is 15. The summed E-state index contributed by atoms with van der Waals surface area (Å²) < 4.78 is 23.4. The predicted octanol–water partition coefficient (Wildman–Crippen LogP) is 6.32. The minimum absolute atomic E-state index is 0.0149. The Morgan fingerprint density at radius 3 is 2.22 bits per heavy atom. The first kappa shape index (κ1) is 36.1. The number of hydrazine groups is 1. The summed E-state index contributed by atoms with van der Waals surface area (Å²) in [7, 11) is 1.59. The molecule has 1 aliphatic heterocycles. The molecule has 4 aromatic carbocycles. The van der Waals surface area contributed by atoms with E-state index in [2.05, 4.69) is 10.9 Å². The van der Waals surface area contributed by atoms with Gasteiger partial charge >= 0.3 is 5.97 Å². The van der Waals surface area contributed by atoms with Crippen molar-refractivity contribution in [1.29, 1.82) is 0 Å². The first-order valence-corrected chi connectivity index (χ1v) is 16.7. The van der Waals surface area contributed by atoms with Crippen LogP contribution in [0.2, 0.25) is 0 Å². The van der Waals surface area contributed by atoms with Gasteiger partial charge in [-0.3, -0.25) is 15.0 Å². The Morgan fingerprint density at radius 2 is 1.54 bits per heavy atom. The van der Waals surface area contributed by atoms with Gasteiger partial charge in [-0.25, -0.2) is 10.4 Å². The summed E-state index contributed by atoms with van der Waals surface area (Å²) in [5, 5.41) is 9.10. The second-order valence-electron chi connectivity index (χ2n) is 13.0. The number of carbonyl (C=O) groups excluding carboxylic acids is 2. The smallest absolute Gasteiger partial charge is 0.306 e. The minimum atomic E-state index is -1.55. The van der Waals surface area contributed by atoms with Gasteiger partial charge in [-0.2, -0.15) is 0 Å². The lowest BCUT2D eigenvalue weighted by molar-refractivity contribution is -0.155. The average Bonchev–Trinajstić information content (AvgIpc) is 3.52. The van der Waals surface area contributed by atoms with E-state index in [9.17, 15) is 9.59 Å². The zero-order valence-corrected chi connectivity index (χ0v) is 29.0. The zero-order valence-electron chi connectivity index (χ0n) is 29.0. The molecular weight excluding hydrogens is 634 g/mol. The summed E-state index contributed by atoms with van der Waals surface area (Å²) in [5.41, 5.74) is 7.91. The van der Waals surface area contributed by atoms with E-state index in [4.69, 9.17) is 29.0 Å². The van der Waals surface area contributed by atoms with Crippen molar-refractivity contribution in [3.63, 3.8) is 0 Å². The minimum Gasteiger partial charge on any atom is -0.496 e. The van der Waals surface area contributed by atoms with E-state index < -0.39 is 29.1 Å². The van der Waals surface area contributed by atoms with Crippen molar-refractivity contribution in [2.24, 2.45) is 4.99 Å². The summed E-state index contributed by atoms with van der Waals surface area (Å²) in [4.78, 5) is 32.6. The largest absolute Gasteiger partial charge is 0.496 e. The van der Waals surface area contributed by atoms with Gasteiger partial charge in [0.15, 0.2) is 11.6 Å². The van der Waals surface area contributed by atoms with Crippen molar-refractivity contribution in [3.05, 3.63) is 120 Å². The molecule has 1 aliphatic rings. The van der Waals surface area contributed by atoms with Crippen LogP contribution in [0.1, 0.15) is 62.8 Å². The highest BCUT2D eigenvalue weighted by molar-refractivity contribution is 6.01. The van der Waals surface area contributed by atoms with Crippen molar-refractivity contribution in [2.75, 3.05) is 20.3 Å². The fraction of sp³-hybridized carbons (Fsp3) is 0.325. The van der Waals surface area contributed by atoms with Gasteiger partial charge in [0.25, 0.3) is 5.91 Å². The predicted molar refractivity (Wildman–Crippen MR) is 192 cm³/mol. The Kier molecular flexibility index (Phi) is 11.9. The van der Waals surface area contributed by atoms with Crippen molar-refractivity contribution >= 4 is 17.8 Å². The van der Waals surface area contributed by atoms with E-state index in [0.29, 0.717) is 30.1 Å². The monoisotopic (exact) mass is 679 g/mol. The lowest BCUT2D eigenvalue weighted by atomic mass is 9.83. The van der Waals surface area contributed by atoms with Crippen LogP contribution in [-0.2, 0) is 25.6 Å². The number of nitrogens with zero attached hydrogens (tertiary/aromatic N) is 1. The van der Waals surface area contributed by atoms with E-state index in [1.165, 1.54) is 0 Å². The van der Waals surface area contributed by atoms with E-state index in [-0.39, 0.29) is 31.9 Å². The molecule has 1 amide bonds. The van der Waals surface area contributed by atoms with Crippen LogP contribution in [0, 0.1) is 0 Å². The molecule has 1 heterocycles. The van der Waals surface area contributed by atoms with Gasteiger partial charge in [-0.1, -0.05) is 72.8 Å². The summed E-state index contributed by atoms with van der Waals surface area (Å²) in [6.07, 6.45) is -0.421. The number of ether oxygens (including phenoxy) is 4. The Labute approximate surface area is 293 Å². The van der Waals surface area contributed by atoms with Gasteiger partial charge in [0.1, 0.15) is 17.1 Å². The van der Waals surface area contributed by atoms with Crippen LogP contribution in [0.25, 0.3) is 11.1 Å². The second kappa shape index (κ2) is 16.5. The van der Waals surface area contributed by atoms with Gasteiger partial charge < -0.3 is 24.1 Å². The molecule has 4 aromatic rings. The number of aliphatic hydroxyl groups excluding tert-OH is 1. The molecule has 0 saturated carbocycles. The van der Waals surface area contributed by atoms with Crippen LogP contribution in [0.3, 0.4) is 0 Å². The number of nitrogens with one attached hydrogen (secondary N) is 2. The lowest BCUT2D eigenvalue weighted by Gasteiger charge is -2.31. The maximum atomic E-state index is 14.5. The number of amides is 1. The Hall–Kier alpha value is -5.19. The quantitative estimate of drug-likeness (QED) is 0.0757. The van der Waals surface area contributed by atoms with Gasteiger partial charge in [0, 0.05) is 37.1 Å². The van der Waals surface area contributed by atoms with Gasteiger partial charge in [0.05, 0.1) is 13.7 Å². The number of esters is 1. The molecule has 10 heteroatoms. The van der Waals surface area contributed by atoms with Crippen LogP contribution in [0.15, 0.2) is 108 Å². The number of aliphatic imine (C=N–C) groups is 1. The Bertz CT molecular complexity index is 1750. The highest BCUT2D eigenvalue weighted by Crippen LogP contribution is 2.44. The normalized spacial score (nSPS) is 17.0. The van der Waals surface area contributed by atoms with Crippen molar-refractivity contribution < 1.29 is 33.6 Å². The molecule has 2 atom stereocenters. The highest BCUT2D eigenvalue weighted by Gasteiger charge is 2.53. The SMILES string of the molecule is COc1ccccc1CNNC(=O)[C@@]1(CCC(=O)OC(C)(C)C)N=C(c2ccc(OCCCO)cc2)O[C@H]1c1ccc(-c2ccccc2)cc1. The maximum absolute atomic E-state index is 14.5. The average molecular weight is 680 g/mol. The molecular formula is C40H45N3O7. The third-order valence-corrected chi connectivity index (χ3v) is 8.15. The number of aliphatic hydroxyl groups is 1. The molecule has 0 unspecified atom stereocenters. The Morgan fingerprint density at radius 1 is 0.880 bits per heavy atom. The van der Waals surface area contributed by atoms with Crippen molar-refractivity contribution in [2.45, 2.75) is 63.8 Å². The van der Waals surface area contributed by atoms with Crippen molar-refractivity contribution in [1.82, 2.24) is 10.9 Å². The van der Waals surface area contributed by atoms with E-state index in [1.54, 1.807) is 40.0 Å². The second-order valence-corrected chi connectivity index (χ2v) is 13.0. The van der Waals surface area contributed by atoms with Crippen molar-refractivity contribution in [3.8, 4) is 22.6 Å². The summed E-state index contributed by atoms with van der Waals surface area (Å²) in [6.45, 7) is 6.11. The van der Waals surface area contributed by atoms with Crippen LogP contribution < -0.4 is 20.3 Å². The van der Waals surface area contributed by atoms with E-state index in [1.807, 2.05) is 91.0 Å². The third-order valence-electron chi connectivity index (χ3n) is 8.15. The number of benzene rings is 4. The fourth-order valence-electron chi connectivity index (χ4n) is 5.71. The molecule has 0 bridgehead atoms. The Balaban J connectivity index is 1.50. The maximum Gasteiger partial charge on any atom is 0.306 e. The lowest BCUT2D eigenvalue weighted by Crippen LogP contribution is -2.52. The van der Waals surface area contributed by atoms with Crippen LogP contribution in [0.5, 0.6) is 11.5 Å². The number of carbonyl (C=O) groups is 2. The molecule has 262 valence electrons. The molecule has 3 N–H and O–H groups in total. The molecule has 0 spiro atoms. The van der Waals surface area contributed by atoms with E-state index >= 15 is 0 Å². The number of hydrogen-bond acceptors (Lipinski definition) is 9. The molecule has 0 radical (unpaired) electrons. The molecule has 0 aromatic heterocycles. The molecule has 0 saturated heterocycles. The molecule has 0 aliphatic carbocycles. The van der Waals surface area contributed by atoms with E-state index in [0.717, 1.165) is 22.3 Å². The van der Waals surface area contributed by atoms with Gasteiger partial charge in [0.2, 0.25) is 5.90 Å². The summed E-state index contributed by atoms with van der Waals surface area (Å²) in [6, 6.07) is 32.6. The number of para-hydroxylation sites is 1. The van der Waals surface area contributed by atoms with Gasteiger partial charge in [-0.05, 0) is 74.2 Å². The first-order valence-electron chi connectivity index (χ1n) is 16.7. The molecule has 0 fully saturated rings. The first-order chi connectivity index (χ1) is 24.1. The summed E-state index contributed by atoms with van der Waals surface area (Å²) >= 11 is 0. The number of methoxy groups -OCH3 is 1. The highest BCUT2D eigenvalue weighted by atomic mass is 16.6. The molecule has 10 nitrogen and oxygen atoms in total. The molecule has 5 rings (SSSR count). The topological polar surface area (TPSA) is 128 Å². The van der Waals surface area contributed by atoms with Crippen LogP contribution in [0.4, 0.5) is 0 Å². The fourth-order valence-corrected chi connectivity index (χ4v) is 5.71. The zero-order chi connectivity index (χ0) is 35.6. The number of hydrogen-bond donors (Lipinski definition) is 3. The van der Waals surface area contributed by atoms with Crippen LogP contribution in [-0.4, -0.2) is 54.3 Å². The standard InChI is InChI=1S/C40H45N3O7/c1-39(2,3)50-35(45)23-24-40(38(46)43-41-27-32-13-8-9-14-34(32)47-4)36(30-17-15-29(16-18-30)28-11-6-5-7-12-28)49-37(42-40)31-19-21-33(22-20-31)48-26-10-25-44/h5-9,11-22,36,41,44H,10,23-27H2,1-4H3,(H,43,46)/t36-,40-/m0/s1. The molecule has 50 heavy (non-hydrogen) atoms. The summed E-state index contributed by atoms with van der Waals surface area (Å²) in [5.74, 6) is 0.653.